The quantitative estimate of drug-likeness (QED) is 0.498. The maximum Gasteiger partial charge on any atom is 0.446 e. The second kappa shape index (κ2) is 9.31. The molecule has 30 heavy (non-hydrogen) atoms. The zero-order chi connectivity index (χ0) is 21.7. The van der Waals surface area contributed by atoms with Gasteiger partial charge >= 0.3 is 5.51 Å². The number of rotatable bonds is 6. The van der Waals surface area contributed by atoms with Crippen molar-refractivity contribution in [3.05, 3.63) is 65.0 Å². The molecule has 0 radical (unpaired) electrons. The Morgan fingerprint density at radius 2 is 1.73 bits per heavy atom. The van der Waals surface area contributed by atoms with Crippen molar-refractivity contribution < 1.29 is 22.8 Å². The van der Waals surface area contributed by atoms with Gasteiger partial charge in [-0.25, -0.2) is 4.98 Å². The molecule has 0 atom stereocenters. The highest BCUT2D eigenvalue weighted by Crippen LogP contribution is 2.36. The molecular weight excluding hydrogens is 435 g/mol. The number of halogens is 3. The van der Waals surface area contributed by atoms with Crippen molar-refractivity contribution in [1.82, 2.24) is 10.3 Å². The van der Waals surface area contributed by atoms with Crippen LogP contribution in [-0.4, -0.2) is 22.3 Å². The highest BCUT2D eigenvalue weighted by Gasteiger charge is 2.29. The minimum absolute atomic E-state index is 0.0116. The number of benzene rings is 2. The van der Waals surface area contributed by atoms with Gasteiger partial charge in [0.15, 0.2) is 5.13 Å². The Labute approximate surface area is 178 Å². The van der Waals surface area contributed by atoms with Gasteiger partial charge in [0.1, 0.15) is 0 Å². The average molecular weight is 451 g/mol. The van der Waals surface area contributed by atoms with E-state index in [1.165, 1.54) is 42.5 Å². The Morgan fingerprint density at radius 1 is 1.07 bits per heavy atom. The van der Waals surface area contributed by atoms with Gasteiger partial charge in [0, 0.05) is 34.9 Å². The van der Waals surface area contributed by atoms with Crippen LogP contribution >= 0.6 is 23.1 Å². The minimum Gasteiger partial charge on any atom is -0.352 e. The van der Waals surface area contributed by atoms with E-state index in [1.54, 1.807) is 5.38 Å². The zero-order valence-electron chi connectivity index (χ0n) is 15.6. The molecule has 1 heterocycles. The van der Waals surface area contributed by atoms with Crippen LogP contribution in [0.15, 0.2) is 58.8 Å². The Morgan fingerprint density at radius 3 is 2.33 bits per heavy atom. The van der Waals surface area contributed by atoms with Crippen LogP contribution in [0, 0.1) is 0 Å². The maximum absolute atomic E-state index is 12.4. The standard InChI is InChI=1S/C20H16F3N3O2S2/c1-12(27)24-10-13-2-4-14(5-3-13)17-11-29-19(25-17)26-18(28)15-6-8-16(9-7-15)30-20(21,22)23/h2-9,11H,10H2,1H3,(H,24,27)(H,25,26,28). The second-order valence-corrected chi connectivity index (χ2v) is 8.17. The van der Waals surface area contributed by atoms with Crippen LogP contribution in [0.2, 0.25) is 0 Å². The van der Waals surface area contributed by atoms with Crippen LogP contribution in [-0.2, 0) is 11.3 Å². The lowest BCUT2D eigenvalue weighted by molar-refractivity contribution is -0.119. The third-order valence-electron chi connectivity index (χ3n) is 3.87. The number of anilines is 1. The number of aromatic nitrogens is 1. The molecule has 0 aliphatic rings. The Kier molecular flexibility index (Phi) is 6.78. The Bertz CT molecular complexity index is 1030. The summed E-state index contributed by atoms with van der Waals surface area (Å²) in [5, 5.41) is 7.55. The lowest BCUT2D eigenvalue weighted by atomic mass is 10.1. The van der Waals surface area contributed by atoms with Crippen molar-refractivity contribution >= 4 is 40.0 Å². The average Bonchev–Trinajstić information content (AvgIpc) is 3.14. The number of amides is 2. The topological polar surface area (TPSA) is 71.1 Å². The molecule has 0 saturated heterocycles. The van der Waals surface area contributed by atoms with Crippen molar-refractivity contribution in [3.8, 4) is 11.3 Å². The Hall–Kier alpha value is -2.85. The molecule has 2 aromatic carbocycles. The third kappa shape index (κ3) is 6.33. The fraction of sp³-hybridized carbons (Fsp3) is 0.150. The first kappa shape index (κ1) is 21.8. The van der Waals surface area contributed by atoms with E-state index in [2.05, 4.69) is 15.6 Å². The molecule has 0 aliphatic carbocycles. The van der Waals surface area contributed by atoms with Gasteiger partial charge < -0.3 is 5.32 Å². The molecular formula is C20H16F3N3O2S2. The van der Waals surface area contributed by atoms with Crippen molar-refractivity contribution in [2.75, 3.05) is 5.32 Å². The molecule has 1 aromatic heterocycles. The van der Waals surface area contributed by atoms with Crippen molar-refractivity contribution in [2.24, 2.45) is 0 Å². The van der Waals surface area contributed by atoms with Gasteiger partial charge in [-0.3, -0.25) is 14.9 Å². The summed E-state index contributed by atoms with van der Waals surface area (Å²) in [6.45, 7) is 1.89. The summed E-state index contributed by atoms with van der Waals surface area (Å²) in [4.78, 5) is 27.7. The van der Waals surface area contributed by atoms with E-state index in [-0.39, 0.29) is 28.1 Å². The van der Waals surface area contributed by atoms with E-state index in [1.807, 2.05) is 24.3 Å². The van der Waals surface area contributed by atoms with Gasteiger partial charge in [0.25, 0.3) is 5.91 Å². The summed E-state index contributed by atoms with van der Waals surface area (Å²) in [7, 11) is 0. The van der Waals surface area contributed by atoms with Crippen LogP contribution in [0.1, 0.15) is 22.8 Å². The van der Waals surface area contributed by atoms with E-state index in [0.29, 0.717) is 17.4 Å². The van der Waals surface area contributed by atoms with Gasteiger partial charge in [-0.15, -0.1) is 11.3 Å². The summed E-state index contributed by atoms with van der Waals surface area (Å²) in [5.41, 5.74) is -1.65. The molecule has 0 fully saturated rings. The van der Waals surface area contributed by atoms with Crippen LogP contribution in [0.25, 0.3) is 11.3 Å². The van der Waals surface area contributed by atoms with Gasteiger partial charge in [0.2, 0.25) is 5.91 Å². The van der Waals surface area contributed by atoms with Crippen molar-refractivity contribution in [1.29, 1.82) is 0 Å². The molecule has 3 rings (SSSR count). The number of carbonyl (C=O) groups is 2. The number of hydrogen-bond acceptors (Lipinski definition) is 5. The second-order valence-electron chi connectivity index (χ2n) is 6.17. The number of hydrogen-bond donors (Lipinski definition) is 2. The molecule has 0 spiro atoms. The first-order chi connectivity index (χ1) is 14.2. The lowest BCUT2D eigenvalue weighted by Gasteiger charge is -2.06. The normalized spacial score (nSPS) is 11.2. The zero-order valence-corrected chi connectivity index (χ0v) is 17.3. The maximum atomic E-state index is 12.4. The van der Waals surface area contributed by atoms with E-state index >= 15 is 0 Å². The number of nitrogens with one attached hydrogen (secondary N) is 2. The Balaban J connectivity index is 1.62. The monoisotopic (exact) mass is 451 g/mol. The van der Waals surface area contributed by atoms with Gasteiger partial charge in [-0.05, 0) is 41.6 Å². The van der Waals surface area contributed by atoms with Gasteiger partial charge in [-0.2, -0.15) is 13.2 Å². The molecule has 10 heteroatoms. The molecule has 0 saturated carbocycles. The molecule has 5 nitrogen and oxygen atoms in total. The first-order valence-electron chi connectivity index (χ1n) is 8.66. The van der Waals surface area contributed by atoms with Gasteiger partial charge in [0.05, 0.1) is 5.69 Å². The molecule has 156 valence electrons. The SMILES string of the molecule is CC(=O)NCc1ccc(-c2csc(NC(=O)c3ccc(SC(F)(F)F)cc3)n2)cc1. The summed E-state index contributed by atoms with van der Waals surface area (Å²) in [6.07, 6.45) is 0. The van der Waals surface area contributed by atoms with Crippen LogP contribution in [0.3, 0.4) is 0 Å². The smallest absolute Gasteiger partial charge is 0.352 e. The van der Waals surface area contributed by atoms with Crippen LogP contribution in [0.5, 0.6) is 0 Å². The van der Waals surface area contributed by atoms with E-state index in [0.717, 1.165) is 11.1 Å². The molecule has 0 bridgehead atoms. The number of thiazole rings is 1. The lowest BCUT2D eigenvalue weighted by Crippen LogP contribution is -2.18. The van der Waals surface area contributed by atoms with E-state index < -0.39 is 11.4 Å². The fourth-order valence-electron chi connectivity index (χ4n) is 2.46. The van der Waals surface area contributed by atoms with Crippen molar-refractivity contribution in [2.45, 2.75) is 23.9 Å². The third-order valence-corrected chi connectivity index (χ3v) is 5.36. The predicted molar refractivity (Wildman–Crippen MR) is 111 cm³/mol. The van der Waals surface area contributed by atoms with Crippen LogP contribution in [0.4, 0.5) is 18.3 Å². The summed E-state index contributed by atoms with van der Waals surface area (Å²) in [5.74, 6) is -0.558. The summed E-state index contributed by atoms with van der Waals surface area (Å²) in [6, 6.07) is 12.7. The molecule has 0 aliphatic heterocycles. The number of alkyl halides is 3. The highest BCUT2D eigenvalue weighted by atomic mass is 32.2. The van der Waals surface area contributed by atoms with Crippen LogP contribution < -0.4 is 10.6 Å². The highest BCUT2D eigenvalue weighted by molar-refractivity contribution is 8.00. The molecule has 0 unspecified atom stereocenters. The number of nitrogens with zero attached hydrogens (tertiary/aromatic N) is 1. The largest absolute Gasteiger partial charge is 0.446 e. The molecule has 2 amide bonds. The first-order valence-corrected chi connectivity index (χ1v) is 10.4. The van der Waals surface area contributed by atoms with Gasteiger partial charge in [-0.1, -0.05) is 24.3 Å². The van der Waals surface area contributed by atoms with E-state index in [4.69, 9.17) is 0 Å². The predicted octanol–water partition coefficient (Wildman–Crippen LogP) is 5.31. The van der Waals surface area contributed by atoms with Crippen molar-refractivity contribution in [3.63, 3.8) is 0 Å². The molecule has 2 N–H and O–H groups in total. The number of carbonyl (C=O) groups excluding carboxylic acids is 2. The fourth-order valence-corrected chi connectivity index (χ4v) is 3.72. The molecule has 3 aromatic rings. The number of thioether (sulfide) groups is 1. The van der Waals surface area contributed by atoms with E-state index in [9.17, 15) is 22.8 Å². The summed E-state index contributed by atoms with van der Waals surface area (Å²) < 4.78 is 37.1. The minimum atomic E-state index is -4.37. The summed E-state index contributed by atoms with van der Waals surface area (Å²) >= 11 is 1.01.